The van der Waals surface area contributed by atoms with Crippen LogP contribution >= 0.6 is 0 Å². The van der Waals surface area contributed by atoms with Gasteiger partial charge < -0.3 is 4.74 Å². The maximum Gasteiger partial charge on any atom is 0.127 e. The first kappa shape index (κ1) is 12.4. The number of nitrogens with zero attached hydrogens (tertiary/aromatic N) is 1. The molecule has 1 atom stereocenters. The van der Waals surface area contributed by atoms with Crippen LogP contribution in [0.15, 0.2) is 18.2 Å². The van der Waals surface area contributed by atoms with Gasteiger partial charge in [0.25, 0.3) is 0 Å². The molecular formula is C14H20FNO. The molecule has 1 aromatic rings. The molecule has 2 nitrogen and oxygen atoms in total. The zero-order valence-electron chi connectivity index (χ0n) is 10.6. The molecule has 1 aromatic carbocycles. The van der Waals surface area contributed by atoms with E-state index in [1.54, 1.807) is 19.2 Å². The van der Waals surface area contributed by atoms with Crippen molar-refractivity contribution < 1.29 is 9.13 Å². The molecule has 3 heteroatoms. The van der Waals surface area contributed by atoms with Crippen molar-refractivity contribution in [3.8, 4) is 5.75 Å². The maximum atomic E-state index is 13.7. The van der Waals surface area contributed by atoms with Crippen LogP contribution < -0.4 is 4.74 Å². The van der Waals surface area contributed by atoms with Crippen molar-refractivity contribution in [1.29, 1.82) is 0 Å². The van der Waals surface area contributed by atoms with Crippen LogP contribution in [-0.4, -0.2) is 25.1 Å². The SMILES string of the molecule is COc1ccc(F)c(CN2CCC[C@@H](C)C2)c1. The molecule has 0 aliphatic carbocycles. The van der Waals surface area contributed by atoms with Crippen molar-refractivity contribution in [2.45, 2.75) is 26.3 Å². The number of likely N-dealkylation sites (tertiary alicyclic amines) is 1. The minimum atomic E-state index is -0.135. The number of hydrogen-bond acceptors (Lipinski definition) is 2. The highest BCUT2D eigenvalue weighted by atomic mass is 19.1. The first-order valence-corrected chi connectivity index (χ1v) is 6.24. The third-order valence-electron chi connectivity index (χ3n) is 3.39. The lowest BCUT2D eigenvalue weighted by Gasteiger charge is -2.30. The highest BCUT2D eigenvalue weighted by Crippen LogP contribution is 2.21. The maximum absolute atomic E-state index is 13.7. The summed E-state index contributed by atoms with van der Waals surface area (Å²) in [5.74, 6) is 1.31. The first-order valence-electron chi connectivity index (χ1n) is 6.24. The fourth-order valence-corrected chi connectivity index (χ4v) is 2.47. The number of halogens is 1. The molecule has 17 heavy (non-hydrogen) atoms. The summed E-state index contributed by atoms with van der Waals surface area (Å²) in [6, 6.07) is 4.95. The smallest absolute Gasteiger partial charge is 0.127 e. The molecular weight excluding hydrogens is 217 g/mol. The molecule has 1 aliphatic rings. The van der Waals surface area contributed by atoms with Crippen LogP contribution in [0.3, 0.4) is 0 Å². The van der Waals surface area contributed by atoms with Gasteiger partial charge in [0.1, 0.15) is 11.6 Å². The fraction of sp³-hybridized carbons (Fsp3) is 0.571. The standard InChI is InChI=1S/C14H20FNO/c1-11-4-3-7-16(9-11)10-12-8-13(17-2)5-6-14(12)15/h5-6,8,11H,3-4,7,9-10H2,1-2H3/t11-/m1/s1. The van der Waals surface area contributed by atoms with Crippen LogP contribution in [0.5, 0.6) is 5.75 Å². The van der Waals surface area contributed by atoms with E-state index < -0.39 is 0 Å². The molecule has 1 fully saturated rings. The van der Waals surface area contributed by atoms with E-state index >= 15 is 0 Å². The van der Waals surface area contributed by atoms with E-state index in [-0.39, 0.29) is 5.82 Å². The Morgan fingerprint density at radius 1 is 1.47 bits per heavy atom. The van der Waals surface area contributed by atoms with E-state index in [4.69, 9.17) is 4.74 Å². The zero-order chi connectivity index (χ0) is 12.3. The van der Waals surface area contributed by atoms with E-state index in [1.807, 2.05) is 0 Å². The average Bonchev–Trinajstić information content (AvgIpc) is 2.32. The van der Waals surface area contributed by atoms with Crippen LogP contribution in [0.1, 0.15) is 25.3 Å². The molecule has 1 heterocycles. The third kappa shape index (κ3) is 3.19. The van der Waals surface area contributed by atoms with Gasteiger partial charge in [0, 0.05) is 18.7 Å². The van der Waals surface area contributed by atoms with Crippen molar-refractivity contribution in [2.24, 2.45) is 5.92 Å². The monoisotopic (exact) mass is 237 g/mol. The second-order valence-corrected chi connectivity index (χ2v) is 4.94. The lowest BCUT2D eigenvalue weighted by molar-refractivity contribution is 0.174. The third-order valence-corrected chi connectivity index (χ3v) is 3.39. The van der Waals surface area contributed by atoms with E-state index in [0.717, 1.165) is 30.3 Å². The Morgan fingerprint density at radius 2 is 2.29 bits per heavy atom. The van der Waals surface area contributed by atoms with Crippen LogP contribution in [0.25, 0.3) is 0 Å². The van der Waals surface area contributed by atoms with Crippen LogP contribution in [-0.2, 0) is 6.54 Å². The molecule has 0 saturated carbocycles. The zero-order valence-corrected chi connectivity index (χ0v) is 10.6. The van der Waals surface area contributed by atoms with E-state index in [9.17, 15) is 4.39 Å². The van der Waals surface area contributed by atoms with E-state index in [2.05, 4.69) is 11.8 Å². The second-order valence-electron chi connectivity index (χ2n) is 4.94. The fourth-order valence-electron chi connectivity index (χ4n) is 2.47. The second kappa shape index (κ2) is 5.50. The minimum absolute atomic E-state index is 0.135. The summed E-state index contributed by atoms with van der Waals surface area (Å²) in [6.07, 6.45) is 2.50. The molecule has 1 saturated heterocycles. The van der Waals surface area contributed by atoms with Gasteiger partial charge in [-0.1, -0.05) is 6.92 Å². The Hall–Kier alpha value is -1.09. The topological polar surface area (TPSA) is 12.5 Å². The number of piperidine rings is 1. The number of methoxy groups -OCH3 is 1. The van der Waals surface area contributed by atoms with Gasteiger partial charge in [0.2, 0.25) is 0 Å². The van der Waals surface area contributed by atoms with Gasteiger partial charge in [-0.2, -0.15) is 0 Å². The number of ether oxygens (including phenoxy) is 1. The van der Waals surface area contributed by atoms with Crippen LogP contribution in [0.2, 0.25) is 0 Å². The van der Waals surface area contributed by atoms with Gasteiger partial charge >= 0.3 is 0 Å². The lowest BCUT2D eigenvalue weighted by Crippen LogP contribution is -2.33. The van der Waals surface area contributed by atoms with Gasteiger partial charge in [0.15, 0.2) is 0 Å². The van der Waals surface area contributed by atoms with Crippen molar-refractivity contribution >= 4 is 0 Å². The predicted octanol–water partition coefficient (Wildman–Crippen LogP) is 3.07. The average molecular weight is 237 g/mol. The van der Waals surface area contributed by atoms with Gasteiger partial charge in [-0.15, -0.1) is 0 Å². The van der Waals surface area contributed by atoms with E-state index in [0.29, 0.717) is 6.54 Å². The number of rotatable bonds is 3. The van der Waals surface area contributed by atoms with Crippen molar-refractivity contribution in [3.63, 3.8) is 0 Å². The highest BCUT2D eigenvalue weighted by molar-refractivity contribution is 5.29. The lowest BCUT2D eigenvalue weighted by atomic mass is 10.00. The highest BCUT2D eigenvalue weighted by Gasteiger charge is 2.17. The summed E-state index contributed by atoms with van der Waals surface area (Å²) in [5, 5.41) is 0. The summed E-state index contributed by atoms with van der Waals surface area (Å²) in [4.78, 5) is 2.33. The Morgan fingerprint density at radius 3 is 3.00 bits per heavy atom. The predicted molar refractivity (Wildman–Crippen MR) is 66.6 cm³/mol. The summed E-state index contributed by atoms with van der Waals surface area (Å²) in [7, 11) is 1.61. The van der Waals surface area contributed by atoms with Crippen molar-refractivity contribution in [3.05, 3.63) is 29.6 Å². The summed E-state index contributed by atoms with van der Waals surface area (Å²) in [6.45, 7) is 5.08. The normalized spacial score (nSPS) is 21.5. The quantitative estimate of drug-likeness (QED) is 0.801. The number of benzene rings is 1. The molecule has 1 aliphatic heterocycles. The van der Waals surface area contributed by atoms with Crippen molar-refractivity contribution in [1.82, 2.24) is 4.90 Å². The van der Waals surface area contributed by atoms with Gasteiger partial charge in [-0.05, 0) is 43.5 Å². The molecule has 0 aromatic heterocycles. The van der Waals surface area contributed by atoms with Crippen LogP contribution in [0.4, 0.5) is 4.39 Å². The van der Waals surface area contributed by atoms with Gasteiger partial charge in [-0.3, -0.25) is 4.90 Å². The number of hydrogen-bond donors (Lipinski definition) is 0. The Bertz CT molecular complexity index is 380. The van der Waals surface area contributed by atoms with E-state index in [1.165, 1.54) is 18.9 Å². The molecule has 0 amide bonds. The van der Waals surface area contributed by atoms with Gasteiger partial charge in [0.05, 0.1) is 7.11 Å². The van der Waals surface area contributed by atoms with Crippen LogP contribution in [0, 0.1) is 11.7 Å². The molecule has 0 N–H and O–H groups in total. The minimum Gasteiger partial charge on any atom is -0.497 e. The Labute approximate surface area is 102 Å². The Kier molecular flexibility index (Phi) is 4.00. The summed E-state index contributed by atoms with van der Waals surface area (Å²) in [5.41, 5.74) is 0.735. The first-order chi connectivity index (χ1) is 8.19. The van der Waals surface area contributed by atoms with Gasteiger partial charge in [-0.25, -0.2) is 4.39 Å². The molecule has 94 valence electrons. The molecule has 2 rings (SSSR count). The largest absolute Gasteiger partial charge is 0.497 e. The van der Waals surface area contributed by atoms with Crippen molar-refractivity contribution in [2.75, 3.05) is 20.2 Å². The molecule has 0 unspecified atom stereocenters. The molecule has 0 bridgehead atoms. The Balaban J connectivity index is 2.06. The summed E-state index contributed by atoms with van der Waals surface area (Å²) < 4.78 is 18.8. The molecule has 0 spiro atoms. The molecule has 0 radical (unpaired) electrons. The summed E-state index contributed by atoms with van der Waals surface area (Å²) >= 11 is 0.